The number of nitrogens with one attached hydrogen (secondary N) is 1. The number of fused-ring (bicyclic) bond motifs is 1. The Labute approximate surface area is 201 Å². The van der Waals surface area contributed by atoms with Crippen molar-refractivity contribution < 1.29 is 37.0 Å². The van der Waals surface area contributed by atoms with Crippen LogP contribution in [-0.4, -0.2) is 49.8 Å². The van der Waals surface area contributed by atoms with Crippen molar-refractivity contribution in [2.24, 2.45) is 5.92 Å². The van der Waals surface area contributed by atoms with E-state index in [4.69, 9.17) is 4.74 Å². The average molecular weight is 495 g/mol. The number of alkyl halides is 3. The van der Waals surface area contributed by atoms with Crippen molar-refractivity contribution in [1.29, 1.82) is 0 Å². The Morgan fingerprint density at radius 2 is 2.03 bits per heavy atom. The molecule has 0 aliphatic carbocycles. The van der Waals surface area contributed by atoms with Crippen molar-refractivity contribution in [3.05, 3.63) is 58.4 Å². The van der Waals surface area contributed by atoms with Gasteiger partial charge >= 0.3 is 12.1 Å². The van der Waals surface area contributed by atoms with Crippen LogP contribution in [0.1, 0.15) is 29.5 Å². The van der Waals surface area contributed by atoms with Crippen molar-refractivity contribution in [3.8, 4) is 5.75 Å². The van der Waals surface area contributed by atoms with Crippen LogP contribution >= 0.6 is 0 Å². The second-order valence-electron chi connectivity index (χ2n) is 8.47. The monoisotopic (exact) mass is 495 g/mol. The van der Waals surface area contributed by atoms with Crippen LogP contribution < -0.4 is 14.8 Å². The molecule has 1 unspecified atom stereocenters. The molecule has 0 radical (unpaired) electrons. The predicted molar refractivity (Wildman–Crippen MR) is 120 cm³/mol. The van der Waals surface area contributed by atoms with Gasteiger partial charge in [0.25, 0.3) is 5.82 Å². The minimum atomic E-state index is -4.57. The summed E-state index contributed by atoms with van der Waals surface area (Å²) in [5.41, 5.74) is 2.18. The molecule has 0 saturated carbocycles. The molecule has 0 saturated heterocycles. The number of methoxy groups -OCH3 is 1. The van der Waals surface area contributed by atoms with E-state index >= 15 is 0 Å². The Morgan fingerprint density at radius 3 is 2.74 bits per heavy atom. The van der Waals surface area contributed by atoms with E-state index in [1.165, 1.54) is 13.3 Å². The number of nitrogens with zero attached hydrogens (tertiary/aromatic N) is 2. The Kier molecular flexibility index (Phi) is 8.42. The molecule has 2 aromatic rings. The lowest BCUT2D eigenvalue weighted by molar-refractivity contribution is -0.590. The van der Waals surface area contributed by atoms with Gasteiger partial charge < -0.3 is 19.6 Å². The number of carbonyl (C=O) groups is 2. The fraction of sp³-hybridized carbons (Fsp3) is 0.458. The predicted octanol–water partition coefficient (Wildman–Crippen LogP) is 3.14. The standard InChI is InChI=1S/C24H28F3N3O5/c1-16-6-8-30(33)21(10-16)28-7-3-9-35-20-5-4-17-11-18(13-22(31)34-2)23(32)29(14-19(17)12-20)15-24(25,26)27/h4-6,8,10,12,18,28H,3,7,9,11,13-15H2,1-2H3. The Morgan fingerprint density at radius 1 is 1.26 bits per heavy atom. The van der Waals surface area contributed by atoms with Crippen molar-refractivity contribution in [2.75, 3.05) is 32.1 Å². The minimum absolute atomic E-state index is 0.132. The van der Waals surface area contributed by atoms with Gasteiger partial charge in [-0.25, -0.2) is 4.73 Å². The van der Waals surface area contributed by atoms with Gasteiger partial charge in [-0.2, -0.15) is 13.2 Å². The zero-order chi connectivity index (χ0) is 25.6. The van der Waals surface area contributed by atoms with Gasteiger partial charge in [-0.3, -0.25) is 14.9 Å². The number of carbonyl (C=O) groups excluding carboxylic acids is 2. The quantitative estimate of drug-likeness (QED) is 0.249. The first kappa shape index (κ1) is 26.1. The number of hydrogen-bond donors (Lipinski definition) is 1. The maximum Gasteiger partial charge on any atom is 0.406 e. The van der Waals surface area contributed by atoms with E-state index < -0.39 is 30.5 Å². The molecule has 1 aliphatic heterocycles. The molecule has 2 heterocycles. The van der Waals surface area contributed by atoms with Crippen molar-refractivity contribution in [2.45, 2.75) is 38.9 Å². The van der Waals surface area contributed by atoms with Gasteiger partial charge in [0.15, 0.2) is 0 Å². The molecule has 1 aliphatic rings. The van der Waals surface area contributed by atoms with Gasteiger partial charge in [-0.1, -0.05) is 6.07 Å². The SMILES string of the molecule is COC(=O)CC1Cc2ccc(OCCCNc3cc(C)cc[n+]3[O-])cc2CN(CC(F)(F)F)C1=O. The summed E-state index contributed by atoms with van der Waals surface area (Å²) < 4.78 is 50.5. The smallest absolute Gasteiger partial charge is 0.406 e. The second-order valence-corrected chi connectivity index (χ2v) is 8.47. The summed E-state index contributed by atoms with van der Waals surface area (Å²) in [6, 6.07) is 8.48. The zero-order valence-electron chi connectivity index (χ0n) is 19.6. The van der Waals surface area contributed by atoms with Crippen molar-refractivity contribution in [1.82, 2.24) is 4.90 Å². The topological polar surface area (TPSA) is 94.8 Å². The number of pyridine rings is 1. The van der Waals surface area contributed by atoms with E-state index in [9.17, 15) is 28.0 Å². The third kappa shape index (κ3) is 7.49. The van der Waals surface area contributed by atoms with Crippen LogP contribution in [0.25, 0.3) is 0 Å². The summed E-state index contributed by atoms with van der Waals surface area (Å²) in [7, 11) is 1.17. The van der Waals surface area contributed by atoms with E-state index in [0.29, 0.717) is 42.3 Å². The molecule has 1 N–H and O–H groups in total. The fourth-order valence-corrected chi connectivity index (χ4v) is 3.93. The average Bonchev–Trinajstić information content (AvgIpc) is 2.91. The molecule has 11 heteroatoms. The molecule has 35 heavy (non-hydrogen) atoms. The summed E-state index contributed by atoms with van der Waals surface area (Å²) in [5, 5.41) is 14.8. The lowest BCUT2D eigenvalue weighted by atomic mass is 9.94. The number of esters is 1. The van der Waals surface area contributed by atoms with Crippen LogP contribution in [0.3, 0.4) is 0 Å². The summed E-state index contributed by atoms with van der Waals surface area (Å²) >= 11 is 0. The Balaban J connectivity index is 1.65. The van der Waals surface area contributed by atoms with Gasteiger partial charge in [0.2, 0.25) is 5.91 Å². The maximum absolute atomic E-state index is 13.1. The number of benzene rings is 1. The molecule has 0 fully saturated rings. The fourth-order valence-electron chi connectivity index (χ4n) is 3.93. The first-order chi connectivity index (χ1) is 16.6. The number of aryl methyl sites for hydroxylation is 1. The molecule has 8 nitrogen and oxygen atoms in total. The molecular weight excluding hydrogens is 467 g/mol. The van der Waals surface area contributed by atoms with E-state index in [1.54, 1.807) is 30.3 Å². The van der Waals surface area contributed by atoms with E-state index in [0.717, 1.165) is 15.2 Å². The lowest BCUT2D eigenvalue weighted by Crippen LogP contribution is -2.41. The molecule has 1 atom stereocenters. The highest BCUT2D eigenvalue weighted by Gasteiger charge is 2.38. The number of anilines is 1. The summed E-state index contributed by atoms with van der Waals surface area (Å²) in [6.45, 7) is 1.04. The highest BCUT2D eigenvalue weighted by atomic mass is 19.4. The number of aromatic nitrogens is 1. The number of rotatable bonds is 9. The third-order valence-corrected chi connectivity index (χ3v) is 5.65. The highest BCUT2D eigenvalue weighted by Crippen LogP contribution is 2.30. The number of ether oxygens (including phenoxy) is 2. The Hall–Kier alpha value is -3.50. The molecule has 1 aromatic carbocycles. The first-order valence-corrected chi connectivity index (χ1v) is 11.2. The largest absolute Gasteiger partial charge is 0.711 e. The zero-order valence-corrected chi connectivity index (χ0v) is 19.6. The molecule has 3 rings (SSSR count). The molecule has 0 bridgehead atoms. The maximum atomic E-state index is 13.1. The van der Waals surface area contributed by atoms with Crippen LogP contribution in [0.15, 0.2) is 36.5 Å². The first-order valence-electron chi connectivity index (χ1n) is 11.2. The molecule has 0 spiro atoms. The van der Waals surface area contributed by atoms with Crippen molar-refractivity contribution >= 4 is 17.7 Å². The lowest BCUT2D eigenvalue weighted by Gasteiger charge is -2.25. The number of hydrogen-bond acceptors (Lipinski definition) is 6. The van der Waals surface area contributed by atoms with Gasteiger partial charge in [-0.05, 0) is 48.2 Å². The summed E-state index contributed by atoms with van der Waals surface area (Å²) in [5.74, 6) is -1.42. The van der Waals surface area contributed by atoms with E-state index in [2.05, 4.69) is 10.1 Å². The van der Waals surface area contributed by atoms with E-state index in [-0.39, 0.29) is 19.4 Å². The van der Waals surface area contributed by atoms with E-state index in [1.807, 2.05) is 6.92 Å². The summed E-state index contributed by atoms with van der Waals surface area (Å²) in [6.07, 6.45) is -2.74. The van der Waals surface area contributed by atoms with Gasteiger partial charge in [0.05, 0.1) is 38.8 Å². The Bertz CT molecular complexity index is 1060. The minimum Gasteiger partial charge on any atom is -0.711 e. The normalized spacial score (nSPS) is 15.9. The molecule has 190 valence electrons. The van der Waals surface area contributed by atoms with Crippen LogP contribution in [0.5, 0.6) is 5.75 Å². The van der Waals surface area contributed by atoms with Gasteiger partial charge in [0, 0.05) is 19.0 Å². The second kappa shape index (κ2) is 11.3. The van der Waals surface area contributed by atoms with Crippen LogP contribution in [0.2, 0.25) is 0 Å². The third-order valence-electron chi connectivity index (χ3n) is 5.65. The molecule has 1 aromatic heterocycles. The number of amides is 1. The molecule has 1 amide bonds. The van der Waals surface area contributed by atoms with Crippen LogP contribution in [0, 0.1) is 18.0 Å². The van der Waals surface area contributed by atoms with Crippen molar-refractivity contribution in [3.63, 3.8) is 0 Å². The highest BCUT2D eigenvalue weighted by molar-refractivity contribution is 5.84. The number of halogens is 3. The van der Waals surface area contributed by atoms with Crippen LogP contribution in [0.4, 0.5) is 19.0 Å². The van der Waals surface area contributed by atoms with Gasteiger partial charge in [0.1, 0.15) is 12.3 Å². The molecular formula is C24H28F3N3O5. The summed E-state index contributed by atoms with van der Waals surface area (Å²) in [4.78, 5) is 25.3. The van der Waals surface area contributed by atoms with Crippen LogP contribution in [-0.2, 0) is 27.3 Å². The van der Waals surface area contributed by atoms with Gasteiger partial charge in [-0.15, -0.1) is 0 Å².